The van der Waals surface area contributed by atoms with E-state index in [0.29, 0.717) is 22.7 Å². The van der Waals surface area contributed by atoms with Crippen LogP contribution in [0, 0.1) is 5.92 Å². The smallest absolute Gasteiger partial charge is 0.259 e. The van der Waals surface area contributed by atoms with E-state index in [1.165, 1.54) is 17.8 Å². The van der Waals surface area contributed by atoms with Gasteiger partial charge in [-0.1, -0.05) is 18.3 Å². The van der Waals surface area contributed by atoms with E-state index in [-0.39, 0.29) is 5.91 Å². The number of hydrogen-bond acceptors (Lipinski definition) is 6. The predicted molar refractivity (Wildman–Crippen MR) is 82.7 cm³/mol. The SMILES string of the molecule is CC1CCN(c2ccc(C(=O)Nc3nncs3)cn2)C1C. The molecular weight excluding hydrogens is 286 g/mol. The third-order valence-electron chi connectivity index (χ3n) is 4.03. The molecular formula is C14H17N5OS. The molecule has 0 saturated carbocycles. The lowest BCUT2D eigenvalue weighted by Gasteiger charge is -2.24. The van der Waals surface area contributed by atoms with Crippen LogP contribution in [0.3, 0.4) is 0 Å². The number of aromatic nitrogens is 3. The Labute approximate surface area is 127 Å². The molecule has 2 unspecified atom stereocenters. The molecule has 21 heavy (non-hydrogen) atoms. The van der Waals surface area contributed by atoms with Gasteiger partial charge in [-0.2, -0.15) is 0 Å². The summed E-state index contributed by atoms with van der Waals surface area (Å²) in [7, 11) is 0. The van der Waals surface area contributed by atoms with Crippen LogP contribution in [0.25, 0.3) is 0 Å². The molecule has 7 heteroatoms. The van der Waals surface area contributed by atoms with Gasteiger partial charge in [-0.3, -0.25) is 10.1 Å². The number of rotatable bonds is 3. The van der Waals surface area contributed by atoms with Crippen LogP contribution >= 0.6 is 11.3 Å². The second-order valence-electron chi connectivity index (χ2n) is 5.30. The largest absolute Gasteiger partial charge is 0.354 e. The Kier molecular flexibility index (Phi) is 3.83. The van der Waals surface area contributed by atoms with E-state index >= 15 is 0 Å². The molecule has 1 saturated heterocycles. The summed E-state index contributed by atoms with van der Waals surface area (Å²) in [5.41, 5.74) is 2.10. The van der Waals surface area contributed by atoms with Crippen molar-refractivity contribution in [3.05, 3.63) is 29.4 Å². The second-order valence-corrected chi connectivity index (χ2v) is 6.14. The van der Waals surface area contributed by atoms with Gasteiger partial charge in [-0.05, 0) is 31.4 Å². The van der Waals surface area contributed by atoms with Crippen molar-refractivity contribution >= 4 is 28.2 Å². The standard InChI is InChI=1S/C14H17N5OS/c1-9-5-6-19(10(9)2)12-4-3-11(7-15-12)13(20)17-14-18-16-8-21-14/h3-4,7-10H,5-6H2,1-2H3,(H,17,18,20). The minimum atomic E-state index is -0.214. The molecule has 1 amide bonds. The highest BCUT2D eigenvalue weighted by molar-refractivity contribution is 7.13. The molecule has 2 aromatic rings. The Morgan fingerprint density at radius 2 is 2.29 bits per heavy atom. The molecule has 0 aromatic carbocycles. The van der Waals surface area contributed by atoms with Gasteiger partial charge in [0.05, 0.1) is 5.56 Å². The van der Waals surface area contributed by atoms with Crippen molar-refractivity contribution in [2.45, 2.75) is 26.3 Å². The van der Waals surface area contributed by atoms with Crippen molar-refractivity contribution < 1.29 is 4.79 Å². The minimum absolute atomic E-state index is 0.214. The van der Waals surface area contributed by atoms with Gasteiger partial charge in [0.15, 0.2) is 0 Å². The summed E-state index contributed by atoms with van der Waals surface area (Å²) >= 11 is 1.29. The second kappa shape index (κ2) is 5.77. The maximum atomic E-state index is 12.0. The van der Waals surface area contributed by atoms with Crippen molar-refractivity contribution in [1.82, 2.24) is 15.2 Å². The fraction of sp³-hybridized carbons (Fsp3) is 0.429. The number of nitrogens with zero attached hydrogens (tertiary/aromatic N) is 4. The first-order valence-corrected chi connectivity index (χ1v) is 7.83. The van der Waals surface area contributed by atoms with E-state index in [2.05, 4.69) is 39.2 Å². The summed E-state index contributed by atoms with van der Waals surface area (Å²) in [5, 5.41) is 10.7. The van der Waals surface area contributed by atoms with Gasteiger partial charge in [0.25, 0.3) is 5.91 Å². The van der Waals surface area contributed by atoms with Gasteiger partial charge in [-0.15, -0.1) is 10.2 Å². The van der Waals surface area contributed by atoms with Gasteiger partial charge in [0.2, 0.25) is 5.13 Å². The Balaban J connectivity index is 1.71. The van der Waals surface area contributed by atoms with Crippen LogP contribution in [0.5, 0.6) is 0 Å². The molecule has 1 aliphatic rings. The Hall–Kier alpha value is -2.02. The van der Waals surface area contributed by atoms with Crippen molar-refractivity contribution in [1.29, 1.82) is 0 Å². The maximum absolute atomic E-state index is 12.0. The van der Waals surface area contributed by atoms with Crippen LogP contribution in [-0.4, -0.2) is 33.7 Å². The zero-order chi connectivity index (χ0) is 14.8. The highest BCUT2D eigenvalue weighted by atomic mass is 32.1. The third-order valence-corrected chi connectivity index (χ3v) is 4.63. The van der Waals surface area contributed by atoms with E-state index in [1.807, 2.05) is 6.07 Å². The summed E-state index contributed by atoms with van der Waals surface area (Å²) in [6.45, 7) is 5.50. The van der Waals surface area contributed by atoms with Crippen LogP contribution in [0.4, 0.5) is 10.9 Å². The van der Waals surface area contributed by atoms with Gasteiger partial charge < -0.3 is 4.90 Å². The molecule has 1 aliphatic heterocycles. The van der Waals surface area contributed by atoms with Crippen LogP contribution in [0.2, 0.25) is 0 Å². The van der Waals surface area contributed by atoms with Crippen molar-refractivity contribution in [3.8, 4) is 0 Å². The molecule has 3 heterocycles. The van der Waals surface area contributed by atoms with E-state index in [1.54, 1.807) is 17.8 Å². The highest BCUT2D eigenvalue weighted by Crippen LogP contribution is 2.27. The summed E-state index contributed by atoms with van der Waals surface area (Å²) in [6, 6.07) is 4.19. The van der Waals surface area contributed by atoms with E-state index in [0.717, 1.165) is 12.4 Å². The lowest BCUT2D eigenvalue weighted by molar-refractivity contribution is 0.102. The maximum Gasteiger partial charge on any atom is 0.259 e. The predicted octanol–water partition coefficient (Wildman–Crippen LogP) is 2.42. The monoisotopic (exact) mass is 303 g/mol. The average Bonchev–Trinajstić information content (AvgIpc) is 3.11. The number of carbonyl (C=O) groups is 1. The number of pyridine rings is 1. The molecule has 6 nitrogen and oxygen atoms in total. The summed E-state index contributed by atoms with van der Waals surface area (Å²) < 4.78 is 0. The van der Waals surface area contributed by atoms with E-state index in [4.69, 9.17) is 0 Å². The van der Waals surface area contributed by atoms with Gasteiger partial charge >= 0.3 is 0 Å². The summed E-state index contributed by atoms with van der Waals surface area (Å²) in [4.78, 5) is 18.8. The van der Waals surface area contributed by atoms with Crippen molar-refractivity contribution in [2.75, 3.05) is 16.8 Å². The number of hydrogen-bond donors (Lipinski definition) is 1. The van der Waals surface area contributed by atoms with E-state index in [9.17, 15) is 4.79 Å². The molecule has 0 aliphatic carbocycles. The van der Waals surface area contributed by atoms with Gasteiger partial charge in [0.1, 0.15) is 11.3 Å². The first-order chi connectivity index (χ1) is 10.1. The number of amides is 1. The molecule has 2 atom stereocenters. The molecule has 1 N–H and O–H groups in total. The molecule has 0 radical (unpaired) electrons. The van der Waals surface area contributed by atoms with Crippen molar-refractivity contribution in [3.63, 3.8) is 0 Å². The average molecular weight is 303 g/mol. The Morgan fingerprint density at radius 1 is 1.43 bits per heavy atom. The lowest BCUT2D eigenvalue weighted by Crippen LogP contribution is -2.29. The van der Waals surface area contributed by atoms with Crippen LogP contribution in [0.1, 0.15) is 30.6 Å². The lowest BCUT2D eigenvalue weighted by atomic mass is 10.1. The number of anilines is 2. The number of nitrogens with one attached hydrogen (secondary N) is 1. The topological polar surface area (TPSA) is 71.0 Å². The first-order valence-electron chi connectivity index (χ1n) is 6.95. The minimum Gasteiger partial charge on any atom is -0.354 e. The third kappa shape index (κ3) is 2.87. The molecule has 0 spiro atoms. The number of carbonyl (C=O) groups excluding carboxylic acids is 1. The fourth-order valence-electron chi connectivity index (χ4n) is 2.51. The normalized spacial score (nSPS) is 21.5. The zero-order valence-electron chi connectivity index (χ0n) is 12.0. The molecule has 2 aromatic heterocycles. The Bertz CT molecular complexity index is 613. The van der Waals surface area contributed by atoms with E-state index < -0.39 is 0 Å². The van der Waals surface area contributed by atoms with Gasteiger partial charge in [0, 0.05) is 18.8 Å². The molecule has 110 valence electrons. The summed E-state index contributed by atoms with van der Waals surface area (Å²) in [5.74, 6) is 1.39. The van der Waals surface area contributed by atoms with Crippen LogP contribution < -0.4 is 10.2 Å². The zero-order valence-corrected chi connectivity index (χ0v) is 12.8. The van der Waals surface area contributed by atoms with Crippen molar-refractivity contribution in [2.24, 2.45) is 5.92 Å². The first kappa shape index (κ1) is 13.9. The molecule has 1 fully saturated rings. The molecule has 3 rings (SSSR count). The molecule has 0 bridgehead atoms. The Morgan fingerprint density at radius 3 is 2.86 bits per heavy atom. The van der Waals surface area contributed by atoms with Gasteiger partial charge in [-0.25, -0.2) is 4.98 Å². The highest BCUT2D eigenvalue weighted by Gasteiger charge is 2.28. The fourth-order valence-corrected chi connectivity index (χ4v) is 2.95. The van der Waals surface area contributed by atoms with Crippen LogP contribution in [0.15, 0.2) is 23.8 Å². The van der Waals surface area contributed by atoms with Crippen LogP contribution in [-0.2, 0) is 0 Å². The summed E-state index contributed by atoms with van der Waals surface area (Å²) in [6.07, 6.45) is 2.80. The quantitative estimate of drug-likeness (QED) is 0.943.